The fourth-order valence-corrected chi connectivity index (χ4v) is 6.12. The SMILES string of the molecule is CCCCCc1cc(O)c(C/C=C(\C)CCC=C(C)C)c(O)c1S(=O)(=O)NC1CCCCC1. The summed E-state index contributed by atoms with van der Waals surface area (Å²) in [7, 11) is -3.90. The topological polar surface area (TPSA) is 86.6 Å². The van der Waals surface area contributed by atoms with Crippen molar-refractivity contribution < 1.29 is 18.6 Å². The molecule has 0 spiro atoms. The number of sulfonamides is 1. The highest BCUT2D eigenvalue weighted by Gasteiger charge is 2.29. The normalized spacial score (nSPS) is 15.6. The smallest absolute Gasteiger partial charge is 0.244 e. The number of nitrogens with one attached hydrogen (secondary N) is 1. The van der Waals surface area contributed by atoms with E-state index in [4.69, 9.17) is 0 Å². The molecular weight excluding hydrogens is 434 g/mol. The van der Waals surface area contributed by atoms with Crippen molar-refractivity contribution in [3.63, 3.8) is 0 Å². The van der Waals surface area contributed by atoms with E-state index in [2.05, 4.69) is 31.6 Å². The second-order valence-electron chi connectivity index (χ2n) is 9.70. The molecule has 2 rings (SSSR count). The number of allylic oxidation sites excluding steroid dienone is 4. The van der Waals surface area contributed by atoms with Crippen molar-refractivity contribution in [2.24, 2.45) is 0 Å². The van der Waals surface area contributed by atoms with Crippen LogP contribution in [0.15, 0.2) is 34.3 Å². The Balaban J connectivity index is 2.37. The van der Waals surface area contributed by atoms with Crippen LogP contribution in [0.3, 0.4) is 0 Å². The molecule has 1 fully saturated rings. The minimum atomic E-state index is -3.90. The van der Waals surface area contributed by atoms with Gasteiger partial charge in [0, 0.05) is 11.6 Å². The number of phenols is 2. The van der Waals surface area contributed by atoms with E-state index in [0.29, 0.717) is 18.4 Å². The minimum absolute atomic E-state index is 0.0380. The van der Waals surface area contributed by atoms with Gasteiger partial charge in [0.2, 0.25) is 10.0 Å². The van der Waals surface area contributed by atoms with Gasteiger partial charge >= 0.3 is 0 Å². The summed E-state index contributed by atoms with van der Waals surface area (Å²) in [6.45, 7) is 8.25. The Kier molecular flexibility index (Phi) is 11.0. The van der Waals surface area contributed by atoms with E-state index in [1.165, 1.54) is 5.57 Å². The molecule has 0 amide bonds. The number of aromatic hydroxyl groups is 2. The minimum Gasteiger partial charge on any atom is -0.508 e. The van der Waals surface area contributed by atoms with Crippen LogP contribution in [0.5, 0.6) is 11.5 Å². The molecule has 1 aliphatic rings. The van der Waals surface area contributed by atoms with Gasteiger partial charge in [-0.2, -0.15) is 0 Å². The van der Waals surface area contributed by atoms with Crippen LogP contribution in [-0.4, -0.2) is 24.7 Å². The molecule has 3 N–H and O–H groups in total. The van der Waals surface area contributed by atoms with Crippen LogP contribution in [0.2, 0.25) is 0 Å². The van der Waals surface area contributed by atoms with Crippen molar-refractivity contribution in [3.05, 3.63) is 40.5 Å². The van der Waals surface area contributed by atoms with Gasteiger partial charge in [-0.15, -0.1) is 0 Å². The molecule has 186 valence electrons. The zero-order valence-corrected chi connectivity index (χ0v) is 21.7. The molecule has 0 unspecified atom stereocenters. The lowest BCUT2D eigenvalue weighted by Gasteiger charge is -2.24. The summed E-state index contributed by atoms with van der Waals surface area (Å²) in [5.74, 6) is -0.345. The van der Waals surface area contributed by atoms with Crippen molar-refractivity contribution in [1.82, 2.24) is 4.72 Å². The first kappa shape index (κ1) is 27.5. The Morgan fingerprint density at radius 1 is 1.09 bits per heavy atom. The van der Waals surface area contributed by atoms with Gasteiger partial charge < -0.3 is 10.2 Å². The molecule has 0 aliphatic heterocycles. The van der Waals surface area contributed by atoms with Crippen LogP contribution < -0.4 is 4.72 Å². The zero-order valence-electron chi connectivity index (χ0n) is 20.9. The van der Waals surface area contributed by atoms with Gasteiger partial charge in [0.15, 0.2) is 0 Å². The van der Waals surface area contributed by atoms with Crippen molar-refractivity contribution in [1.29, 1.82) is 0 Å². The van der Waals surface area contributed by atoms with Crippen molar-refractivity contribution in [2.75, 3.05) is 0 Å². The third kappa shape index (κ3) is 8.49. The van der Waals surface area contributed by atoms with E-state index in [1.807, 2.05) is 13.0 Å². The number of hydrogen-bond acceptors (Lipinski definition) is 4. The molecular formula is C27H43NO4S. The number of benzene rings is 1. The summed E-state index contributed by atoms with van der Waals surface area (Å²) in [4.78, 5) is -0.0485. The lowest BCUT2D eigenvalue weighted by atomic mass is 9.96. The molecule has 1 saturated carbocycles. The first-order chi connectivity index (χ1) is 15.7. The quantitative estimate of drug-likeness (QED) is 0.232. The molecule has 1 aromatic carbocycles. The number of hydrogen-bond donors (Lipinski definition) is 3. The molecule has 0 aromatic heterocycles. The average Bonchev–Trinajstić information content (AvgIpc) is 2.73. The van der Waals surface area contributed by atoms with Crippen molar-refractivity contribution in [2.45, 2.75) is 116 Å². The molecule has 5 nitrogen and oxygen atoms in total. The fourth-order valence-electron chi connectivity index (χ4n) is 4.45. The lowest BCUT2D eigenvalue weighted by Crippen LogP contribution is -2.36. The van der Waals surface area contributed by atoms with E-state index in [0.717, 1.165) is 69.8 Å². The molecule has 0 atom stereocenters. The van der Waals surface area contributed by atoms with Crippen LogP contribution in [-0.2, 0) is 22.9 Å². The molecule has 0 bridgehead atoms. The Labute approximate surface area is 201 Å². The number of phenolic OH excluding ortho intramolecular Hbond substituents is 2. The summed E-state index contributed by atoms with van der Waals surface area (Å²) in [5.41, 5.74) is 3.19. The van der Waals surface area contributed by atoms with Gasteiger partial charge in [0.05, 0.1) is 0 Å². The predicted octanol–water partition coefficient (Wildman–Crippen LogP) is 6.68. The summed E-state index contributed by atoms with van der Waals surface area (Å²) in [6, 6.07) is 1.45. The van der Waals surface area contributed by atoms with Gasteiger partial charge in [-0.05, 0) is 77.3 Å². The van der Waals surface area contributed by atoms with E-state index in [-0.39, 0.29) is 28.0 Å². The Hall–Kier alpha value is -1.79. The molecule has 0 saturated heterocycles. The third-order valence-electron chi connectivity index (χ3n) is 6.40. The molecule has 1 aliphatic carbocycles. The monoisotopic (exact) mass is 477 g/mol. The van der Waals surface area contributed by atoms with Crippen LogP contribution >= 0.6 is 0 Å². The van der Waals surface area contributed by atoms with Crippen LogP contribution in [0.25, 0.3) is 0 Å². The van der Waals surface area contributed by atoms with E-state index >= 15 is 0 Å². The summed E-state index contributed by atoms with van der Waals surface area (Å²) < 4.78 is 29.7. The van der Waals surface area contributed by atoms with Gasteiger partial charge in [0.25, 0.3) is 0 Å². The molecule has 33 heavy (non-hydrogen) atoms. The Morgan fingerprint density at radius 2 is 1.79 bits per heavy atom. The van der Waals surface area contributed by atoms with Crippen molar-refractivity contribution >= 4 is 10.0 Å². The predicted molar refractivity (Wildman–Crippen MR) is 136 cm³/mol. The van der Waals surface area contributed by atoms with Gasteiger partial charge in [-0.3, -0.25) is 0 Å². The first-order valence-electron chi connectivity index (χ1n) is 12.5. The molecule has 6 heteroatoms. The summed E-state index contributed by atoms with van der Waals surface area (Å²) in [6.07, 6.45) is 14.4. The van der Waals surface area contributed by atoms with E-state index < -0.39 is 10.0 Å². The molecule has 0 heterocycles. The fraction of sp³-hybridized carbons (Fsp3) is 0.630. The van der Waals surface area contributed by atoms with E-state index in [9.17, 15) is 18.6 Å². The highest BCUT2D eigenvalue weighted by molar-refractivity contribution is 7.89. The average molecular weight is 478 g/mol. The third-order valence-corrected chi connectivity index (χ3v) is 8.04. The van der Waals surface area contributed by atoms with Crippen LogP contribution in [0.1, 0.15) is 103 Å². The number of unbranched alkanes of at least 4 members (excludes halogenated alkanes) is 2. The zero-order chi connectivity index (χ0) is 24.4. The summed E-state index contributed by atoms with van der Waals surface area (Å²) in [5, 5.41) is 21.8. The largest absolute Gasteiger partial charge is 0.508 e. The van der Waals surface area contributed by atoms with Crippen LogP contribution in [0, 0.1) is 0 Å². The van der Waals surface area contributed by atoms with Crippen LogP contribution in [0.4, 0.5) is 0 Å². The maximum Gasteiger partial charge on any atom is 0.244 e. The van der Waals surface area contributed by atoms with Gasteiger partial charge in [0.1, 0.15) is 16.4 Å². The Bertz CT molecular complexity index is 937. The lowest BCUT2D eigenvalue weighted by molar-refractivity contribution is 0.407. The van der Waals surface area contributed by atoms with E-state index in [1.54, 1.807) is 6.07 Å². The second-order valence-corrected chi connectivity index (χ2v) is 11.4. The van der Waals surface area contributed by atoms with Gasteiger partial charge in [-0.25, -0.2) is 13.1 Å². The number of aryl methyl sites for hydroxylation is 1. The highest BCUT2D eigenvalue weighted by Crippen LogP contribution is 2.38. The van der Waals surface area contributed by atoms with Crippen molar-refractivity contribution in [3.8, 4) is 11.5 Å². The second kappa shape index (κ2) is 13.2. The first-order valence-corrected chi connectivity index (χ1v) is 14.0. The standard InChI is InChI=1S/C27H43NO4S/c1-5-6-8-14-22-19-25(29)24(18-17-21(4)13-11-12-20(2)3)26(30)27(22)33(31,32)28-23-15-9-7-10-16-23/h12,17,19,23,28-30H,5-11,13-16,18H2,1-4H3/b21-17+. The molecule has 1 aromatic rings. The molecule has 0 radical (unpaired) electrons. The maximum atomic E-state index is 13.4. The number of rotatable bonds is 12. The maximum absolute atomic E-state index is 13.4. The van der Waals surface area contributed by atoms with Gasteiger partial charge in [-0.1, -0.05) is 62.3 Å². The summed E-state index contributed by atoms with van der Waals surface area (Å²) >= 11 is 0. The highest BCUT2D eigenvalue weighted by atomic mass is 32.2. The Morgan fingerprint density at radius 3 is 2.42 bits per heavy atom.